The summed E-state index contributed by atoms with van der Waals surface area (Å²) in [7, 11) is 0.361. The van der Waals surface area contributed by atoms with Crippen LogP contribution in [-0.4, -0.2) is 48.4 Å². The summed E-state index contributed by atoms with van der Waals surface area (Å²) in [5.41, 5.74) is 4.15. The predicted octanol–water partition coefficient (Wildman–Crippen LogP) is 2.54. The Labute approximate surface area is 180 Å². The molecule has 0 saturated carbocycles. The van der Waals surface area contributed by atoms with Gasteiger partial charge >= 0.3 is 0 Å². The lowest BCUT2D eigenvalue weighted by Crippen LogP contribution is -2.35. The highest BCUT2D eigenvalue weighted by Gasteiger charge is 2.27. The van der Waals surface area contributed by atoms with E-state index in [-0.39, 0.29) is 10.8 Å². The van der Waals surface area contributed by atoms with Crippen LogP contribution < -0.4 is 10.2 Å². The van der Waals surface area contributed by atoms with Gasteiger partial charge in [0.25, 0.3) is 5.91 Å². The molecule has 2 heterocycles. The first kappa shape index (κ1) is 20.8. The number of fused-ring (bicyclic) bond motifs is 1. The van der Waals surface area contributed by atoms with Crippen LogP contribution in [0.4, 0.5) is 5.69 Å². The molecular weight excluding hydrogens is 398 g/mol. The molecule has 0 aliphatic carbocycles. The molecule has 1 unspecified atom stereocenters. The van der Waals surface area contributed by atoms with Gasteiger partial charge in [-0.1, -0.05) is 35.9 Å². The number of nitrogens with one attached hydrogen (secondary N) is 1. The van der Waals surface area contributed by atoms with Gasteiger partial charge in [0.1, 0.15) is 4.91 Å². The van der Waals surface area contributed by atoms with Gasteiger partial charge in [-0.2, -0.15) is 0 Å². The number of aryl methyl sites for hydroxylation is 1. The second kappa shape index (κ2) is 9.12. The first-order chi connectivity index (χ1) is 14.5. The van der Waals surface area contributed by atoms with E-state index in [2.05, 4.69) is 16.3 Å². The van der Waals surface area contributed by atoms with Gasteiger partial charge in [0, 0.05) is 39.4 Å². The average Bonchev–Trinajstić information content (AvgIpc) is 2.76. The van der Waals surface area contributed by atoms with Crippen LogP contribution in [0.15, 0.2) is 58.5 Å². The molecule has 1 N–H and O–H groups in total. The number of amides is 1. The number of benzene rings is 2. The van der Waals surface area contributed by atoms with Gasteiger partial charge in [-0.15, -0.1) is 0 Å². The van der Waals surface area contributed by atoms with Crippen LogP contribution in [0.25, 0.3) is 0 Å². The molecule has 2 aromatic rings. The summed E-state index contributed by atoms with van der Waals surface area (Å²) in [5.74, 6) is -0.301. The summed E-state index contributed by atoms with van der Waals surface area (Å²) in [6, 6.07) is 14.0. The standard InChI is InChI=1S/C23H27N3O3S/c1-17-3-5-18(6-4-17)14-24-23(27)22-16-25(2)20-8-7-19(13-21(20)30(22)28)15-26-9-11-29-12-10-26/h3-8,13,16H,9-12,14-15H2,1-2H3,(H,24,27). The van der Waals surface area contributed by atoms with Crippen LogP contribution in [0.2, 0.25) is 0 Å². The highest BCUT2D eigenvalue weighted by molar-refractivity contribution is 7.90. The van der Waals surface area contributed by atoms with Crippen molar-refractivity contribution < 1.29 is 13.7 Å². The van der Waals surface area contributed by atoms with Crippen LogP contribution in [-0.2, 0) is 33.4 Å². The Hall–Kier alpha value is -2.48. The molecule has 1 saturated heterocycles. The maximum Gasteiger partial charge on any atom is 0.262 e. The molecule has 6 nitrogen and oxygen atoms in total. The summed E-state index contributed by atoms with van der Waals surface area (Å²) in [4.78, 5) is 17.9. The Bertz CT molecular complexity index is 982. The second-order valence-electron chi connectivity index (χ2n) is 7.73. The van der Waals surface area contributed by atoms with Crippen molar-refractivity contribution in [3.63, 3.8) is 0 Å². The van der Waals surface area contributed by atoms with Gasteiger partial charge in [-0.25, -0.2) is 4.21 Å². The molecule has 0 spiro atoms. The molecule has 2 aromatic carbocycles. The Kier molecular flexibility index (Phi) is 6.32. The number of rotatable bonds is 5. The van der Waals surface area contributed by atoms with Gasteiger partial charge in [0.05, 0.1) is 34.6 Å². The summed E-state index contributed by atoms with van der Waals surface area (Å²) in [5, 5.41) is 2.90. The zero-order chi connectivity index (χ0) is 21.1. The minimum absolute atomic E-state index is 0.278. The topological polar surface area (TPSA) is 61.9 Å². The zero-order valence-electron chi connectivity index (χ0n) is 17.4. The number of anilines is 1. The van der Waals surface area contributed by atoms with E-state index in [0.29, 0.717) is 11.4 Å². The molecule has 0 radical (unpaired) electrons. The molecule has 7 heteroatoms. The van der Waals surface area contributed by atoms with Crippen molar-refractivity contribution in [1.82, 2.24) is 10.2 Å². The van der Waals surface area contributed by atoms with Gasteiger partial charge in [-0.05, 0) is 30.2 Å². The lowest BCUT2D eigenvalue weighted by Gasteiger charge is -2.28. The fourth-order valence-electron chi connectivity index (χ4n) is 3.64. The fourth-order valence-corrected chi connectivity index (χ4v) is 5.04. The molecule has 0 bridgehead atoms. The largest absolute Gasteiger partial charge is 0.379 e. The number of ether oxygens (including phenoxy) is 1. The van der Waals surface area contributed by atoms with Crippen molar-refractivity contribution in [3.05, 3.63) is 70.3 Å². The molecule has 2 aliphatic rings. The molecule has 0 aromatic heterocycles. The summed E-state index contributed by atoms with van der Waals surface area (Å²) in [6.07, 6.45) is 1.67. The van der Waals surface area contributed by atoms with Crippen molar-refractivity contribution in [2.45, 2.75) is 24.9 Å². The van der Waals surface area contributed by atoms with Crippen LogP contribution in [0.3, 0.4) is 0 Å². The normalized spacial score (nSPS) is 19.2. The molecule has 2 aliphatic heterocycles. The minimum atomic E-state index is -1.52. The third-order valence-electron chi connectivity index (χ3n) is 5.42. The van der Waals surface area contributed by atoms with Crippen LogP contribution in [0.5, 0.6) is 0 Å². The zero-order valence-corrected chi connectivity index (χ0v) is 18.2. The first-order valence-corrected chi connectivity index (χ1v) is 11.3. The van der Waals surface area contributed by atoms with E-state index in [0.717, 1.165) is 49.7 Å². The van der Waals surface area contributed by atoms with Gasteiger partial charge in [0.15, 0.2) is 0 Å². The summed E-state index contributed by atoms with van der Waals surface area (Å²) < 4.78 is 18.6. The highest BCUT2D eigenvalue weighted by atomic mass is 32.2. The third-order valence-corrected chi connectivity index (χ3v) is 6.84. The van der Waals surface area contributed by atoms with Gasteiger partial charge < -0.3 is 15.0 Å². The Balaban J connectivity index is 1.48. The van der Waals surface area contributed by atoms with Crippen molar-refractivity contribution in [3.8, 4) is 0 Å². The molecule has 1 fully saturated rings. The number of hydrogen-bond acceptors (Lipinski definition) is 5. The third kappa shape index (κ3) is 4.64. The van der Waals surface area contributed by atoms with Gasteiger partial charge in [0.2, 0.25) is 0 Å². The molecule has 1 atom stereocenters. The average molecular weight is 426 g/mol. The fraction of sp³-hybridized carbons (Fsp3) is 0.348. The molecule has 4 rings (SSSR count). The Morgan fingerprint density at radius 2 is 1.80 bits per heavy atom. The van der Waals surface area contributed by atoms with E-state index >= 15 is 0 Å². The maximum atomic E-state index is 13.2. The number of carbonyl (C=O) groups is 1. The quantitative estimate of drug-likeness (QED) is 0.798. The van der Waals surface area contributed by atoms with Crippen molar-refractivity contribution in [1.29, 1.82) is 0 Å². The first-order valence-electron chi connectivity index (χ1n) is 10.1. The molecule has 1 amide bonds. The highest BCUT2D eigenvalue weighted by Crippen LogP contribution is 2.33. The Morgan fingerprint density at radius 1 is 1.10 bits per heavy atom. The lowest BCUT2D eigenvalue weighted by atomic mass is 10.1. The molecular formula is C23H27N3O3S. The van der Waals surface area contributed by atoms with Crippen molar-refractivity contribution in [2.24, 2.45) is 0 Å². The predicted molar refractivity (Wildman–Crippen MR) is 118 cm³/mol. The monoisotopic (exact) mass is 425 g/mol. The van der Waals surface area contributed by atoms with Crippen LogP contribution in [0.1, 0.15) is 16.7 Å². The van der Waals surface area contributed by atoms with E-state index in [1.807, 2.05) is 55.3 Å². The van der Waals surface area contributed by atoms with E-state index in [1.165, 1.54) is 5.56 Å². The van der Waals surface area contributed by atoms with Gasteiger partial charge in [-0.3, -0.25) is 9.69 Å². The van der Waals surface area contributed by atoms with E-state index in [1.54, 1.807) is 6.20 Å². The molecule has 30 heavy (non-hydrogen) atoms. The van der Waals surface area contributed by atoms with E-state index in [9.17, 15) is 9.00 Å². The van der Waals surface area contributed by atoms with E-state index < -0.39 is 10.8 Å². The maximum absolute atomic E-state index is 13.2. The SMILES string of the molecule is Cc1ccc(CNC(=O)C2=CN(C)c3ccc(CN4CCOCC4)cc3S2=O)cc1. The summed E-state index contributed by atoms with van der Waals surface area (Å²) >= 11 is 0. The smallest absolute Gasteiger partial charge is 0.262 e. The number of carbonyl (C=O) groups excluding carboxylic acids is 1. The number of morpholine rings is 1. The van der Waals surface area contributed by atoms with Crippen molar-refractivity contribution in [2.75, 3.05) is 38.3 Å². The van der Waals surface area contributed by atoms with Crippen LogP contribution >= 0.6 is 0 Å². The molecule has 158 valence electrons. The number of hydrogen-bond donors (Lipinski definition) is 1. The number of nitrogens with zero attached hydrogens (tertiary/aromatic N) is 2. The van der Waals surface area contributed by atoms with Crippen LogP contribution in [0, 0.1) is 6.92 Å². The summed E-state index contributed by atoms with van der Waals surface area (Å²) in [6.45, 7) is 6.50. The van der Waals surface area contributed by atoms with E-state index in [4.69, 9.17) is 4.74 Å². The van der Waals surface area contributed by atoms with Crippen molar-refractivity contribution >= 4 is 22.4 Å². The Morgan fingerprint density at radius 3 is 2.53 bits per heavy atom. The second-order valence-corrected chi connectivity index (χ2v) is 9.15. The lowest BCUT2D eigenvalue weighted by molar-refractivity contribution is -0.117. The minimum Gasteiger partial charge on any atom is -0.379 e.